The molecule has 4 nitrogen and oxygen atoms in total. The number of anilines is 1. The number of terminal acetylenes is 1. The van der Waals surface area contributed by atoms with Crippen LogP contribution in [0.15, 0.2) is 17.0 Å². The zero-order valence-electron chi connectivity index (χ0n) is 14.9. The summed E-state index contributed by atoms with van der Waals surface area (Å²) in [5.74, 6) is 2.70. The third-order valence-corrected chi connectivity index (χ3v) is 4.53. The first kappa shape index (κ1) is 18.5. The molecule has 0 aliphatic carbocycles. The summed E-state index contributed by atoms with van der Waals surface area (Å²) in [6, 6.07) is 4.21. The minimum atomic E-state index is -0.462. The van der Waals surface area contributed by atoms with E-state index in [2.05, 4.69) is 35.6 Å². The highest BCUT2D eigenvalue weighted by Gasteiger charge is 2.26. The molecule has 0 saturated carbocycles. The minimum absolute atomic E-state index is 0.242. The number of ether oxygens (including phenoxy) is 1. The molecule has 0 bridgehead atoms. The standard InChI is InChI=1S/C19H26N2O2S/c1-6-7-15-12-16(13-17(24)14(15)2)20-8-10-21(11-9-20)18(22)23-19(3,4)5/h1,12-13,24H,7-11H2,2-5H3. The normalized spacial score (nSPS) is 15.2. The second kappa shape index (κ2) is 7.40. The largest absolute Gasteiger partial charge is 0.444 e. The van der Waals surface area contributed by atoms with E-state index in [4.69, 9.17) is 11.2 Å². The van der Waals surface area contributed by atoms with Gasteiger partial charge in [0.05, 0.1) is 0 Å². The van der Waals surface area contributed by atoms with Gasteiger partial charge in [0.1, 0.15) is 5.60 Å². The van der Waals surface area contributed by atoms with E-state index in [1.54, 1.807) is 4.90 Å². The molecule has 0 atom stereocenters. The van der Waals surface area contributed by atoms with Crippen molar-refractivity contribution in [2.75, 3.05) is 31.1 Å². The average molecular weight is 346 g/mol. The Balaban J connectivity index is 2.05. The smallest absolute Gasteiger partial charge is 0.410 e. The summed E-state index contributed by atoms with van der Waals surface area (Å²) in [6.45, 7) is 10.5. The van der Waals surface area contributed by atoms with Crippen molar-refractivity contribution in [1.29, 1.82) is 0 Å². The van der Waals surface area contributed by atoms with Gasteiger partial charge in [0.2, 0.25) is 0 Å². The lowest BCUT2D eigenvalue weighted by molar-refractivity contribution is 0.0240. The Bertz CT molecular complexity index is 651. The maximum atomic E-state index is 12.1. The number of rotatable bonds is 2. The molecule has 1 heterocycles. The fraction of sp³-hybridized carbons (Fsp3) is 0.526. The quantitative estimate of drug-likeness (QED) is 0.657. The number of carbonyl (C=O) groups is 1. The van der Waals surface area contributed by atoms with E-state index >= 15 is 0 Å². The molecule has 0 spiro atoms. The van der Waals surface area contributed by atoms with Crippen molar-refractivity contribution in [1.82, 2.24) is 4.90 Å². The van der Waals surface area contributed by atoms with E-state index in [-0.39, 0.29) is 6.09 Å². The molecule has 0 aromatic heterocycles. The lowest BCUT2D eigenvalue weighted by atomic mass is 10.0. The van der Waals surface area contributed by atoms with Crippen LogP contribution in [0.25, 0.3) is 0 Å². The lowest BCUT2D eigenvalue weighted by Gasteiger charge is -2.37. The zero-order valence-corrected chi connectivity index (χ0v) is 15.8. The van der Waals surface area contributed by atoms with Gasteiger partial charge in [-0.15, -0.1) is 25.0 Å². The number of carbonyl (C=O) groups excluding carboxylic acids is 1. The molecule has 24 heavy (non-hydrogen) atoms. The third-order valence-electron chi connectivity index (χ3n) is 4.06. The number of hydrogen-bond donors (Lipinski definition) is 1. The van der Waals surface area contributed by atoms with E-state index < -0.39 is 5.60 Å². The summed E-state index contributed by atoms with van der Waals surface area (Å²) in [5.41, 5.74) is 2.91. The molecule has 1 fully saturated rings. The van der Waals surface area contributed by atoms with Crippen molar-refractivity contribution in [3.05, 3.63) is 23.3 Å². The first-order chi connectivity index (χ1) is 11.2. The van der Waals surface area contributed by atoms with Gasteiger partial charge in [-0.25, -0.2) is 4.79 Å². The van der Waals surface area contributed by atoms with Crippen LogP contribution in [0, 0.1) is 19.3 Å². The summed E-state index contributed by atoms with van der Waals surface area (Å²) < 4.78 is 5.44. The summed E-state index contributed by atoms with van der Waals surface area (Å²) in [5, 5.41) is 0. The molecule has 1 aliphatic heterocycles. The molecular weight excluding hydrogens is 320 g/mol. The Morgan fingerprint density at radius 1 is 1.29 bits per heavy atom. The second-order valence-corrected chi connectivity index (χ2v) is 7.57. The van der Waals surface area contributed by atoms with E-state index in [9.17, 15) is 4.79 Å². The fourth-order valence-corrected chi connectivity index (χ4v) is 2.97. The molecule has 0 radical (unpaired) electrons. The first-order valence-corrected chi connectivity index (χ1v) is 8.65. The van der Waals surface area contributed by atoms with Crippen molar-refractivity contribution in [3.63, 3.8) is 0 Å². The number of amides is 1. The molecular formula is C19H26N2O2S. The van der Waals surface area contributed by atoms with Gasteiger partial charge in [-0.05, 0) is 51.0 Å². The van der Waals surface area contributed by atoms with Crippen molar-refractivity contribution in [3.8, 4) is 12.3 Å². The lowest BCUT2D eigenvalue weighted by Crippen LogP contribution is -2.50. The fourth-order valence-electron chi connectivity index (χ4n) is 2.69. The highest BCUT2D eigenvalue weighted by molar-refractivity contribution is 7.80. The van der Waals surface area contributed by atoms with E-state index in [1.807, 2.05) is 27.7 Å². The van der Waals surface area contributed by atoms with Gasteiger partial charge in [-0.1, -0.05) is 0 Å². The molecule has 130 valence electrons. The van der Waals surface area contributed by atoms with Crippen LogP contribution in [0.3, 0.4) is 0 Å². The Labute approximate surface area is 150 Å². The van der Waals surface area contributed by atoms with Gasteiger partial charge in [0.15, 0.2) is 0 Å². The zero-order chi connectivity index (χ0) is 17.9. The average Bonchev–Trinajstić information content (AvgIpc) is 2.50. The van der Waals surface area contributed by atoms with Gasteiger partial charge in [0, 0.05) is 43.2 Å². The molecule has 0 unspecified atom stereocenters. The summed E-state index contributed by atoms with van der Waals surface area (Å²) in [7, 11) is 0. The molecule has 1 amide bonds. The summed E-state index contributed by atoms with van der Waals surface area (Å²) in [6.07, 6.45) is 5.82. The monoisotopic (exact) mass is 346 g/mol. The predicted molar refractivity (Wildman–Crippen MR) is 101 cm³/mol. The van der Waals surface area contributed by atoms with Crippen molar-refractivity contribution >= 4 is 24.4 Å². The van der Waals surface area contributed by atoms with Crippen LogP contribution in [0.4, 0.5) is 10.5 Å². The van der Waals surface area contributed by atoms with Crippen LogP contribution in [-0.2, 0) is 11.2 Å². The Kier molecular flexibility index (Phi) is 5.71. The maximum Gasteiger partial charge on any atom is 0.410 e. The predicted octanol–water partition coefficient (Wildman–Crippen LogP) is 3.52. The van der Waals surface area contributed by atoms with Gasteiger partial charge in [-0.3, -0.25) is 0 Å². The molecule has 1 aromatic rings. The Morgan fingerprint density at radius 3 is 2.46 bits per heavy atom. The summed E-state index contributed by atoms with van der Waals surface area (Å²) >= 11 is 4.57. The Morgan fingerprint density at radius 2 is 1.92 bits per heavy atom. The first-order valence-electron chi connectivity index (χ1n) is 8.20. The molecule has 5 heteroatoms. The van der Waals surface area contributed by atoms with E-state index in [0.29, 0.717) is 19.5 Å². The van der Waals surface area contributed by atoms with Gasteiger partial charge in [0.25, 0.3) is 0 Å². The molecule has 1 saturated heterocycles. The van der Waals surface area contributed by atoms with Gasteiger partial charge >= 0.3 is 6.09 Å². The number of thiol groups is 1. The van der Waals surface area contributed by atoms with Crippen molar-refractivity contribution in [2.24, 2.45) is 0 Å². The summed E-state index contributed by atoms with van der Waals surface area (Å²) in [4.78, 5) is 17.1. The van der Waals surface area contributed by atoms with E-state index in [1.165, 1.54) is 0 Å². The SMILES string of the molecule is C#CCc1cc(N2CCN(C(=O)OC(C)(C)C)CC2)cc(S)c1C. The van der Waals surface area contributed by atoms with Crippen molar-refractivity contribution in [2.45, 2.75) is 44.6 Å². The number of hydrogen-bond acceptors (Lipinski definition) is 4. The number of piperazine rings is 1. The molecule has 0 N–H and O–H groups in total. The van der Waals surface area contributed by atoms with Crippen LogP contribution < -0.4 is 4.90 Å². The van der Waals surface area contributed by atoms with Crippen LogP contribution in [0.1, 0.15) is 31.9 Å². The number of benzene rings is 1. The Hall–Kier alpha value is -1.80. The number of nitrogens with zero attached hydrogens (tertiary/aromatic N) is 2. The topological polar surface area (TPSA) is 32.8 Å². The maximum absolute atomic E-state index is 12.1. The van der Waals surface area contributed by atoms with Crippen LogP contribution >= 0.6 is 12.6 Å². The third kappa shape index (κ3) is 4.61. The highest BCUT2D eigenvalue weighted by atomic mass is 32.1. The minimum Gasteiger partial charge on any atom is -0.444 e. The molecule has 2 rings (SSSR count). The van der Waals surface area contributed by atoms with Gasteiger partial charge in [-0.2, -0.15) is 0 Å². The van der Waals surface area contributed by atoms with Crippen LogP contribution in [-0.4, -0.2) is 42.8 Å². The molecule has 1 aliphatic rings. The van der Waals surface area contributed by atoms with Crippen LogP contribution in [0.2, 0.25) is 0 Å². The van der Waals surface area contributed by atoms with Crippen LogP contribution in [0.5, 0.6) is 0 Å². The van der Waals surface area contributed by atoms with Crippen molar-refractivity contribution < 1.29 is 9.53 Å². The molecule has 1 aromatic carbocycles. The highest BCUT2D eigenvalue weighted by Crippen LogP contribution is 2.27. The second-order valence-electron chi connectivity index (χ2n) is 7.08. The van der Waals surface area contributed by atoms with E-state index in [0.717, 1.165) is 34.8 Å². The van der Waals surface area contributed by atoms with Gasteiger partial charge < -0.3 is 14.5 Å².